The van der Waals surface area contributed by atoms with E-state index in [0.717, 1.165) is 39.3 Å². The fraction of sp³-hybridized carbons (Fsp3) is 0.0600. The lowest BCUT2D eigenvalue weighted by atomic mass is 9.81. The Labute approximate surface area is 312 Å². The summed E-state index contributed by atoms with van der Waals surface area (Å²) in [5.41, 5.74) is 15.6. The zero-order valence-electron chi connectivity index (χ0n) is 29.5. The summed E-state index contributed by atoms with van der Waals surface area (Å²) in [6.45, 7) is 4.83. The number of pyridine rings is 1. The molecule has 0 atom stereocenters. The van der Waals surface area contributed by atoms with Crippen molar-refractivity contribution in [3.63, 3.8) is 0 Å². The number of rotatable bonds is 4. The number of aromatic nitrogens is 2. The zero-order chi connectivity index (χ0) is 35.3. The molecule has 0 radical (unpaired) electrons. The number of para-hydroxylation sites is 1. The average molecular weight is 695 g/mol. The minimum Gasteiger partial charge on any atom is -0.309 e. The molecule has 0 saturated heterocycles. The van der Waals surface area contributed by atoms with Crippen LogP contribution >= 0.6 is 11.3 Å². The van der Waals surface area contributed by atoms with E-state index in [2.05, 4.69) is 188 Å². The number of nitrogens with zero attached hydrogens (tertiary/aromatic N) is 2. The van der Waals surface area contributed by atoms with Crippen LogP contribution < -0.4 is 0 Å². The van der Waals surface area contributed by atoms with Gasteiger partial charge in [0.05, 0.1) is 22.4 Å². The van der Waals surface area contributed by atoms with Crippen LogP contribution in [-0.4, -0.2) is 9.55 Å². The first-order valence-electron chi connectivity index (χ1n) is 18.3. The van der Waals surface area contributed by atoms with Gasteiger partial charge in [0.2, 0.25) is 0 Å². The number of hydrogen-bond donors (Lipinski definition) is 0. The Morgan fingerprint density at radius 3 is 1.85 bits per heavy atom. The van der Waals surface area contributed by atoms with Crippen LogP contribution in [0, 0.1) is 0 Å². The van der Waals surface area contributed by atoms with Gasteiger partial charge in [-0.1, -0.05) is 147 Å². The van der Waals surface area contributed by atoms with Gasteiger partial charge in [-0.2, -0.15) is 0 Å². The van der Waals surface area contributed by atoms with Crippen LogP contribution in [0.25, 0.3) is 92.4 Å². The Bertz CT molecular complexity index is 3000. The van der Waals surface area contributed by atoms with Crippen molar-refractivity contribution in [2.45, 2.75) is 19.3 Å². The van der Waals surface area contributed by atoms with Gasteiger partial charge in [-0.3, -0.25) is 0 Å². The predicted molar refractivity (Wildman–Crippen MR) is 225 cm³/mol. The monoisotopic (exact) mass is 694 g/mol. The Kier molecular flexibility index (Phi) is 6.50. The molecule has 0 amide bonds. The van der Waals surface area contributed by atoms with Gasteiger partial charge in [-0.25, -0.2) is 4.98 Å². The summed E-state index contributed by atoms with van der Waals surface area (Å²) in [7, 11) is 0. The van der Waals surface area contributed by atoms with Gasteiger partial charge in [0.1, 0.15) is 0 Å². The van der Waals surface area contributed by atoms with E-state index in [1.807, 2.05) is 11.3 Å². The molecular formula is C50H34N2S. The van der Waals surface area contributed by atoms with Crippen molar-refractivity contribution in [1.82, 2.24) is 9.55 Å². The standard InChI is InChI=1S/C50H34N2S/c1-50(2)39-22-12-9-19-36(39)46-47(50)49-45(38-21-11-14-24-43(38)53-49)44-37-20-10-13-23-42(37)52(48(44)46)35-27-25-31(26-28-35)34-29-40(32-15-5-3-6-16-32)51-41(30-34)33-17-7-4-8-18-33/h3-30H,1-2H3. The molecule has 2 nitrogen and oxygen atoms in total. The summed E-state index contributed by atoms with van der Waals surface area (Å²) in [6.07, 6.45) is 0. The Balaban J connectivity index is 1.19. The van der Waals surface area contributed by atoms with Gasteiger partial charge in [-0.05, 0) is 64.2 Å². The van der Waals surface area contributed by atoms with Crippen LogP contribution in [0.5, 0.6) is 0 Å². The van der Waals surface area contributed by atoms with E-state index in [0.29, 0.717) is 0 Å². The molecule has 3 heteroatoms. The molecule has 0 saturated carbocycles. The largest absolute Gasteiger partial charge is 0.309 e. The second-order valence-corrected chi connectivity index (χ2v) is 15.8. The normalized spacial score (nSPS) is 13.2. The Morgan fingerprint density at radius 2 is 1.13 bits per heavy atom. The summed E-state index contributed by atoms with van der Waals surface area (Å²) in [5, 5.41) is 5.36. The van der Waals surface area contributed by atoms with Gasteiger partial charge in [0, 0.05) is 58.7 Å². The zero-order valence-corrected chi connectivity index (χ0v) is 30.3. The summed E-state index contributed by atoms with van der Waals surface area (Å²) in [4.78, 5) is 5.13. The molecule has 1 aliphatic rings. The molecule has 3 aromatic heterocycles. The lowest BCUT2D eigenvalue weighted by molar-refractivity contribution is 0.667. The van der Waals surface area contributed by atoms with Gasteiger partial charge in [-0.15, -0.1) is 11.3 Å². The van der Waals surface area contributed by atoms with Crippen molar-refractivity contribution in [3.05, 3.63) is 181 Å². The van der Waals surface area contributed by atoms with E-state index >= 15 is 0 Å². The van der Waals surface area contributed by atoms with Gasteiger partial charge in [0.25, 0.3) is 0 Å². The molecule has 10 aromatic rings. The molecule has 0 fully saturated rings. The minimum atomic E-state index is -0.140. The van der Waals surface area contributed by atoms with E-state index < -0.39 is 0 Å². The third-order valence-electron chi connectivity index (χ3n) is 11.4. The molecule has 0 unspecified atom stereocenters. The second-order valence-electron chi connectivity index (χ2n) is 14.7. The summed E-state index contributed by atoms with van der Waals surface area (Å²) < 4.78 is 5.29. The average Bonchev–Trinajstić information content (AvgIpc) is 3.84. The SMILES string of the molecule is CC1(C)c2ccccc2-c2c1c1sc3ccccc3c1c1c3ccccc3n(-c3ccc(-c4cc(-c5ccccc5)nc(-c5ccccc5)c4)cc3)c21. The van der Waals surface area contributed by atoms with Crippen LogP contribution in [0.4, 0.5) is 0 Å². The first-order valence-corrected chi connectivity index (χ1v) is 19.1. The maximum Gasteiger partial charge on any atom is 0.0715 e. The summed E-state index contributed by atoms with van der Waals surface area (Å²) >= 11 is 1.95. The van der Waals surface area contributed by atoms with Gasteiger partial charge < -0.3 is 4.57 Å². The van der Waals surface area contributed by atoms with E-state index in [1.165, 1.54) is 64.2 Å². The van der Waals surface area contributed by atoms with Crippen LogP contribution in [0.1, 0.15) is 25.0 Å². The van der Waals surface area contributed by atoms with E-state index in [1.54, 1.807) is 0 Å². The molecule has 7 aromatic carbocycles. The highest BCUT2D eigenvalue weighted by molar-refractivity contribution is 7.26. The third kappa shape index (κ3) is 4.41. The van der Waals surface area contributed by atoms with Crippen molar-refractivity contribution in [3.8, 4) is 50.5 Å². The van der Waals surface area contributed by atoms with Crippen molar-refractivity contribution in [2.75, 3.05) is 0 Å². The topological polar surface area (TPSA) is 17.8 Å². The fourth-order valence-corrected chi connectivity index (χ4v) is 10.4. The van der Waals surface area contributed by atoms with Crippen molar-refractivity contribution in [2.24, 2.45) is 0 Å². The molecule has 0 N–H and O–H groups in total. The molecule has 11 rings (SSSR count). The van der Waals surface area contributed by atoms with Crippen LogP contribution in [0.2, 0.25) is 0 Å². The van der Waals surface area contributed by atoms with Crippen LogP contribution in [0.15, 0.2) is 170 Å². The number of hydrogen-bond acceptors (Lipinski definition) is 2. The summed E-state index contributed by atoms with van der Waals surface area (Å²) in [5.74, 6) is 0. The highest BCUT2D eigenvalue weighted by Crippen LogP contribution is 2.58. The molecule has 1 aliphatic carbocycles. The smallest absolute Gasteiger partial charge is 0.0715 e. The lowest BCUT2D eigenvalue weighted by Gasteiger charge is -2.22. The minimum absolute atomic E-state index is 0.140. The maximum atomic E-state index is 5.13. The Morgan fingerprint density at radius 1 is 0.528 bits per heavy atom. The third-order valence-corrected chi connectivity index (χ3v) is 12.5. The second kappa shape index (κ2) is 11.4. The van der Waals surface area contributed by atoms with Crippen LogP contribution in [-0.2, 0) is 5.41 Å². The lowest BCUT2D eigenvalue weighted by Crippen LogP contribution is -2.15. The van der Waals surface area contributed by atoms with E-state index in [9.17, 15) is 0 Å². The first kappa shape index (κ1) is 30.3. The number of thiophene rings is 1. The number of benzene rings is 7. The maximum absolute atomic E-state index is 5.13. The van der Waals surface area contributed by atoms with E-state index in [4.69, 9.17) is 4.98 Å². The van der Waals surface area contributed by atoms with Gasteiger partial charge >= 0.3 is 0 Å². The van der Waals surface area contributed by atoms with E-state index in [-0.39, 0.29) is 5.41 Å². The fourth-order valence-electron chi connectivity index (χ4n) is 8.95. The molecule has 250 valence electrons. The van der Waals surface area contributed by atoms with Gasteiger partial charge in [0.15, 0.2) is 0 Å². The molecule has 0 spiro atoms. The van der Waals surface area contributed by atoms with Crippen molar-refractivity contribution < 1.29 is 0 Å². The molecule has 3 heterocycles. The highest BCUT2D eigenvalue weighted by atomic mass is 32.1. The first-order chi connectivity index (χ1) is 26.1. The molecular weight excluding hydrogens is 661 g/mol. The molecule has 53 heavy (non-hydrogen) atoms. The Hall–Kier alpha value is -6.29. The molecule has 0 bridgehead atoms. The van der Waals surface area contributed by atoms with Crippen molar-refractivity contribution >= 4 is 53.3 Å². The van der Waals surface area contributed by atoms with Crippen LogP contribution in [0.3, 0.4) is 0 Å². The highest BCUT2D eigenvalue weighted by Gasteiger charge is 2.40. The van der Waals surface area contributed by atoms with Crippen molar-refractivity contribution in [1.29, 1.82) is 0 Å². The quantitative estimate of drug-likeness (QED) is 0.179. The predicted octanol–water partition coefficient (Wildman–Crippen LogP) is 13.9. The summed E-state index contributed by atoms with van der Waals surface area (Å²) in [6, 6.07) is 61.6. The number of fused-ring (bicyclic) bond motifs is 12. The molecule has 0 aliphatic heterocycles.